The van der Waals surface area contributed by atoms with E-state index in [9.17, 15) is 19.5 Å². The second-order valence-electron chi connectivity index (χ2n) is 6.07. The van der Waals surface area contributed by atoms with Crippen molar-refractivity contribution in [3.8, 4) is 0 Å². The predicted molar refractivity (Wildman–Crippen MR) is 94.9 cm³/mol. The highest BCUT2D eigenvalue weighted by Crippen LogP contribution is 2.24. The van der Waals surface area contributed by atoms with Crippen molar-refractivity contribution in [2.75, 3.05) is 6.54 Å². The molecule has 1 fully saturated rings. The summed E-state index contributed by atoms with van der Waals surface area (Å²) in [5.74, 6) is -2.35. The normalized spacial score (nSPS) is 20.4. The van der Waals surface area contributed by atoms with Gasteiger partial charge in [0, 0.05) is 11.6 Å². The molecule has 6 nitrogen and oxygen atoms in total. The summed E-state index contributed by atoms with van der Waals surface area (Å²) in [5.41, 5.74) is 0.292. The molecule has 2 atom stereocenters. The van der Waals surface area contributed by atoms with Gasteiger partial charge in [-0.15, -0.1) is 0 Å². The third-order valence-corrected chi connectivity index (χ3v) is 5.01. The second kappa shape index (κ2) is 9.06. The van der Waals surface area contributed by atoms with Crippen molar-refractivity contribution in [2.45, 2.75) is 38.1 Å². The maximum Gasteiger partial charge on any atom is 0.308 e. The van der Waals surface area contributed by atoms with Crippen LogP contribution in [0, 0.1) is 5.92 Å². The Morgan fingerprint density at radius 1 is 1.08 bits per heavy atom. The van der Waals surface area contributed by atoms with Crippen LogP contribution in [0.25, 0.3) is 0 Å². The van der Waals surface area contributed by atoms with Gasteiger partial charge in [-0.2, -0.15) is 0 Å². The number of carbonyl (C=O) groups excluding carboxylic acids is 2. The maximum absolute atomic E-state index is 12.1. The molecule has 1 aliphatic rings. The molecule has 2 rings (SSSR count). The monoisotopic (exact) mass is 386 g/mol. The Hall–Kier alpha value is -1.79. The minimum Gasteiger partial charge on any atom is -0.481 e. The molecule has 1 aromatic carbocycles. The van der Waals surface area contributed by atoms with E-state index >= 15 is 0 Å². The SMILES string of the molecule is O=C(CNC(=O)c1ccc(Cl)c(Cl)c1)N[C@H]1CCCCC[C@H]1C(=O)O. The molecule has 0 saturated heterocycles. The fourth-order valence-corrected chi connectivity index (χ4v) is 3.23. The Labute approximate surface area is 155 Å². The summed E-state index contributed by atoms with van der Waals surface area (Å²) in [5, 5.41) is 15.1. The highest BCUT2D eigenvalue weighted by atomic mass is 35.5. The van der Waals surface area contributed by atoms with Gasteiger partial charge < -0.3 is 15.7 Å². The summed E-state index contributed by atoms with van der Waals surface area (Å²) in [6.07, 6.45) is 3.87. The van der Waals surface area contributed by atoms with Crippen molar-refractivity contribution in [3.05, 3.63) is 33.8 Å². The highest BCUT2D eigenvalue weighted by Gasteiger charge is 2.30. The molecule has 0 aromatic heterocycles. The molecule has 0 spiro atoms. The smallest absolute Gasteiger partial charge is 0.308 e. The van der Waals surface area contributed by atoms with Crippen LogP contribution in [0.15, 0.2) is 18.2 Å². The number of rotatable bonds is 5. The lowest BCUT2D eigenvalue weighted by atomic mass is 9.95. The topological polar surface area (TPSA) is 95.5 Å². The van der Waals surface area contributed by atoms with Gasteiger partial charge in [0.1, 0.15) is 0 Å². The van der Waals surface area contributed by atoms with Crippen molar-refractivity contribution in [1.29, 1.82) is 0 Å². The first-order valence-corrected chi connectivity index (χ1v) is 8.89. The minimum atomic E-state index is -0.896. The number of carboxylic acid groups (broad SMARTS) is 1. The van der Waals surface area contributed by atoms with Crippen LogP contribution in [-0.2, 0) is 9.59 Å². The Bertz CT molecular complexity index is 666. The van der Waals surface area contributed by atoms with Crippen molar-refractivity contribution >= 4 is 41.0 Å². The van der Waals surface area contributed by atoms with E-state index in [2.05, 4.69) is 10.6 Å². The Morgan fingerprint density at radius 3 is 2.48 bits per heavy atom. The lowest BCUT2D eigenvalue weighted by Gasteiger charge is -2.23. The van der Waals surface area contributed by atoms with Crippen LogP contribution in [0.5, 0.6) is 0 Å². The van der Waals surface area contributed by atoms with Crippen LogP contribution in [0.4, 0.5) is 0 Å². The first kappa shape index (κ1) is 19.5. The number of hydrogen-bond donors (Lipinski definition) is 3. The van der Waals surface area contributed by atoms with Gasteiger partial charge in [0.05, 0.1) is 22.5 Å². The third kappa shape index (κ3) is 5.61. The minimum absolute atomic E-state index is 0.234. The largest absolute Gasteiger partial charge is 0.481 e. The van der Waals surface area contributed by atoms with Crippen LogP contribution < -0.4 is 10.6 Å². The van der Waals surface area contributed by atoms with Gasteiger partial charge in [-0.05, 0) is 31.0 Å². The molecule has 8 heteroatoms. The molecule has 0 bridgehead atoms. The zero-order chi connectivity index (χ0) is 18.4. The molecule has 136 valence electrons. The predicted octanol–water partition coefficient (Wildman–Crippen LogP) is 2.87. The van der Waals surface area contributed by atoms with Crippen molar-refractivity contribution in [1.82, 2.24) is 10.6 Å². The summed E-state index contributed by atoms with van der Waals surface area (Å²) in [7, 11) is 0. The van der Waals surface area contributed by atoms with Gasteiger partial charge in [-0.3, -0.25) is 14.4 Å². The molecular weight excluding hydrogens is 367 g/mol. The van der Waals surface area contributed by atoms with Crippen LogP contribution >= 0.6 is 23.2 Å². The molecule has 0 heterocycles. The van der Waals surface area contributed by atoms with Crippen molar-refractivity contribution in [3.63, 3.8) is 0 Å². The molecule has 2 amide bonds. The zero-order valence-electron chi connectivity index (χ0n) is 13.6. The standard InChI is InChI=1S/C17H20Cl2N2O4/c18-12-7-6-10(8-13(12)19)16(23)20-9-15(22)21-14-5-3-1-2-4-11(14)17(24)25/h6-8,11,14H,1-5,9H2,(H,20,23)(H,21,22)(H,24,25)/t11-,14+/m1/s1. The second-order valence-corrected chi connectivity index (χ2v) is 6.88. The molecule has 0 radical (unpaired) electrons. The van der Waals surface area contributed by atoms with Crippen LogP contribution in [0.2, 0.25) is 10.0 Å². The fraction of sp³-hybridized carbons (Fsp3) is 0.471. The lowest BCUT2D eigenvalue weighted by molar-refractivity contribution is -0.143. The summed E-state index contributed by atoms with van der Waals surface area (Å²) in [4.78, 5) is 35.5. The molecular formula is C17H20Cl2N2O4. The molecule has 3 N–H and O–H groups in total. The number of hydrogen-bond acceptors (Lipinski definition) is 3. The maximum atomic E-state index is 12.1. The molecule has 1 aliphatic carbocycles. The molecule has 1 saturated carbocycles. The Morgan fingerprint density at radius 2 is 1.80 bits per heavy atom. The van der Waals surface area contributed by atoms with E-state index in [0.29, 0.717) is 23.4 Å². The lowest BCUT2D eigenvalue weighted by Crippen LogP contribution is -2.46. The van der Waals surface area contributed by atoms with Crippen LogP contribution in [-0.4, -0.2) is 35.5 Å². The van der Waals surface area contributed by atoms with Gasteiger partial charge in [0.25, 0.3) is 5.91 Å². The van der Waals surface area contributed by atoms with Crippen molar-refractivity contribution < 1.29 is 19.5 Å². The summed E-state index contributed by atoms with van der Waals surface area (Å²) in [6, 6.07) is 4.02. The number of amides is 2. The summed E-state index contributed by atoms with van der Waals surface area (Å²) >= 11 is 11.7. The number of halogens is 2. The molecule has 1 aromatic rings. The number of aliphatic carboxylic acids is 1. The Balaban J connectivity index is 1.89. The van der Waals surface area contributed by atoms with Crippen molar-refractivity contribution in [2.24, 2.45) is 5.92 Å². The molecule has 25 heavy (non-hydrogen) atoms. The van der Waals surface area contributed by atoms with E-state index in [-0.39, 0.29) is 11.6 Å². The van der Waals surface area contributed by atoms with E-state index in [4.69, 9.17) is 23.2 Å². The third-order valence-electron chi connectivity index (χ3n) is 4.27. The van der Waals surface area contributed by atoms with Gasteiger partial charge in [-0.25, -0.2) is 0 Å². The summed E-state index contributed by atoms with van der Waals surface area (Å²) < 4.78 is 0. The average Bonchev–Trinajstić information content (AvgIpc) is 2.80. The number of benzene rings is 1. The van der Waals surface area contributed by atoms with Gasteiger partial charge >= 0.3 is 5.97 Å². The first-order chi connectivity index (χ1) is 11.9. The quantitative estimate of drug-likeness (QED) is 0.677. The van der Waals surface area contributed by atoms with Gasteiger partial charge in [0.2, 0.25) is 5.91 Å². The van der Waals surface area contributed by atoms with E-state index in [1.807, 2.05) is 0 Å². The van der Waals surface area contributed by atoms with Gasteiger partial charge in [-0.1, -0.05) is 42.5 Å². The number of carboxylic acids is 1. The number of nitrogens with one attached hydrogen (secondary N) is 2. The number of carbonyl (C=O) groups is 3. The van der Waals surface area contributed by atoms with E-state index in [0.717, 1.165) is 19.3 Å². The summed E-state index contributed by atoms with van der Waals surface area (Å²) in [6.45, 7) is -0.234. The van der Waals surface area contributed by atoms with E-state index < -0.39 is 29.7 Å². The zero-order valence-corrected chi connectivity index (χ0v) is 15.1. The van der Waals surface area contributed by atoms with E-state index in [1.165, 1.54) is 18.2 Å². The fourth-order valence-electron chi connectivity index (χ4n) is 2.93. The Kier molecular flexibility index (Phi) is 7.08. The van der Waals surface area contributed by atoms with Crippen LogP contribution in [0.3, 0.4) is 0 Å². The first-order valence-electron chi connectivity index (χ1n) is 8.14. The average molecular weight is 387 g/mol. The molecule has 0 unspecified atom stereocenters. The van der Waals surface area contributed by atoms with Crippen LogP contribution in [0.1, 0.15) is 42.5 Å². The van der Waals surface area contributed by atoms with Gasteiger partial charge in [0.15, 0.2) is 0 Å². The highest BCUT2D eigenvalue weighted by molar-refractivity contribution is 6.42. The van der Waals surface area contributed by atoms with E-state index in [1.54, 1.807) is 0 Å². The molecule has 0 aliphatic heterocycles.